The first kappa shape index (κ1) is 11.7. The van der Waals surface area contributed by atoms with Crippen molar-refractivity contribution in [3.05, 3.63) is 0 Å². The van der Waals surface area contributed by atoms with Crippen molar-refractivity contribution < 1.29 is 18.0 Å². The largest absolute Gasteiger partial charge is 0.393 e. The van der Waals surface area contributed by atoms with E-state index in [9.17, 15) is 18.0 Å². The van der Waals surface area contributed by atoms with Crippen LogP contribution < -0.4 is 5.32 Å². The SMILES string of the molecule is O=C([C@@H]1CCNC1)N1CC[C@H](C(F)(F)F)C1. The summed E-state index contributed by atoms with van der Waals surface area (Å²) >= 11 is 0. The Morgan fingerprint density at radius 1 is 1.31 bits per heavy atom. The van der Waals surface area contributed by atoms with E-state index in [4.69, 9.17) is 0 Å². The molecule has 2 aliphatic rings. The van der Waals surface area contributed by atoms with E-state index in [0.29, 0.717) is 6.54 Å². The number of halogens is 3. The van der Waals surface area contributed by atoms with E-state index in [-0.39, 0.29) is 31.3 Å². The Kier molecular flexibility index (Phi) is 3.10. The molecule has 0 aromatic heterocycles. The predicted molar refractivity (Wildman–Crippen MR) is 51.7 cm³/mol. The van der Waals surface area contributed by atoms with Crippen molar-refractivity contribution in [1.82, 2.24) is 10.2 Å². The monoisotopic (exact) mass is 236 g/mol. The van der Waals surface area contributed by atoms with Crippen LogP contribution in [0.2, 0.25) is 0 Å². The smallest absolute Gasteiger partial charge is 0.342 e. The molecule has 1 N–H and O–H groups in total. The lowest BCUT2D eigenvalue weighted by Crippen LogP contribution is -2.36. The van der Waals surface area contributed by atoms with Crippen molar-refractivity contribution in [1.29, 1.82) is 0 Å². The van der Waals surface area contributed by atoms with Crippen LogP contribution in [-0.4, -0.2) is 43.2 Å². The van der Waals surface area contributed by atoms with Gasteiger partial charge >= 0.3 is 6.18 Å². The van der Waals surface area contributed by atoms with Gasteiger partial charge in [0.25, 0.3) is 0 Å². The highest BCUT2D eigenvalue weighted by Gasteiger charge is 2.45. The van der Waals surface area contributed by atoms with E-state index < -0.39 is 12.1 Å². The summed E-state index contributed by atoms with van der Waals surface area (Å²) in [6, 6.07) is 0. The third-order valence-corrected chi connectivity index (χ3v) is 3.37. The minimum atomic E-state index is -4.16. The number of nitrogens with zero attached hydrogens (tertiary/aromatic N) is 1. The second-order valence-electron chi connectivity index (χ2n) is 4.50. The highest BCUT2D eigenvalue weighted by Crippen LogP contribution is 2.34. The van der Waals surface area contributed by atoms with Crippen LogP contribution in [0, 0.1) is 11.8 Å². The molecule has 3 nitrogen and oxygen atoms in total. The number of carbonyl (C=O) groups excluding carboxylic acids is 1. The van der Waals surface area contributed by atoms with Gasteiger partial charge in [-0.3, -0.25) is 4.79 Å². The predicted octanol–water partition coefficient (Wildman–Crippen LogP) is 1.01. The molecule has 0 aromatic carbocycles. The summed E-state index contributed by atoms with van der Waals surface area (Å²) in [4.78, 5) is 13.2. The molecule has 2 fully saturated rings. The summed E-state index contributed by atoms with van der Waals surface area (Å²) in [6.07, 6.45) is -3.37. The third-order valence-electron chi connectivity index (χ3n) is 3.37. The summed E-state index contributed by atoms with van der Waals surface area (Å²) in [7, 11) is 0. The zero-order valence-corrected chi connectivity index (χ0v) is 8.89. The molecule has 1 amide bonds. The van der Waals surface area contributed by atoms with Gasteiger partial charge in [0.2, 0.25) is 5.91 Å². The Morgan fingerprint density at radius 3 is 2.56 bits per heavy atom. The summed E-state index contributed by atoms with van der Waals surface area (Å²) in [5.41, 5.74) is 0. The van der Waals surface area contributed by atoms with E-state index in [2.05, 4.69) is 5.32 Å². The molecule has 0 unspecified atom stereocenters. The van der Waals surface area contributed by atoms with Gasteiger partial charge < -0.3 is 10.2 Å². The first-order valence-electron chi connectivity index (χ1n) is 5.54. The highest BCUT2D eigenvalue weighted by atomic mass is 19.4. The molecule has 16 heavy (non-hydrogen) atoms. The van der Waals surface area contributed by atoms with Crippen molar-refractivity contribution >= 4 is 5.91 Å². The van der Waals surface area contributed by atoms with Gasteiger partial charge in [0.05, 0.1) is 11.8 Å². The van der Waals surface area contributed by atoms with Crippen molar-refractivity contribution in [2.75, 3.05) is 26.2 Å². The number of rotatable bonds is 1. The van der Waals surface area contributed by atoms with Crippen LogP contribution in [0.1, 0.15) is 12.8 Å². The second-order valence-corrected chi connectivity index (χ2v) is 4.50. The van der Waals surface area contributed by atoms with Crippen LogP contribution in [-0.2, 0) is 4.79 Å². The van der Waals surface area contributed by atoms with Gasteiger partial charge in [0.1, 0.15) is 0 Å². The zero-order valence-electron chi connectivity index (χ0n) is 8.89. The number of nitrogens with one attached hydrogen (secondary N) is 1. The lowest BCUT2D eigenvalue weighted by molar-refractivity contribution is -0.171. The van der Waals surface area contributed by atoms with E-state index in [1.54, 1.807) is 0 Å². The number of likely N-dealkylation sites (tertiary alicyclic amines) is 1. The number of hydrogen-bond donors (Lipinski definition) is 1. The molecule has 92 valence electrons. The lowest BCUT2D eigenvalue weighted by atomic mass is 10.1. The summed E-state index contributed by atoms with van der Waals surface area (Å²) < 4.78 is 37.3. The van der Waals surface area contributed by atoms with Crippen LogP contribution in [0.25, 0.3) is 0 Å². The van der Waals surface area contributed by atoms with E-state index in [1.165, 1.54) is 4.90 Å². The Balaban J connectivity index is 1.90. The number of alkyl halides is 3. The fourth-order valence-corrected chi connectivity index (χ4v) is 2.35. The fraction of sp³-hybridized carbons (Fsp3) is 0.900. The normalized spacial score (nSPS) is 31.1. The highest BCUT2D eigenvalue weighted by molar-refractivity contribution is 5.79. The minimum absolute atomic E-state index is 0.0510. The van der Waals surface area contributed by atoms with Crippen molar-refractivity contribution in [2.45, 2.75) is 19.0 Å². The molecule has 0 aromatic rings. The standard InChI is InChI=1S/C10H15F3N2O/c11-10(12,13)8-2-4-15(6-8)9(16)7-1-3-14-5-7/h7-8,14H,1-6H2/t7-,8+/m1/s1. The van der Waals surface area contributed by atoms with Crippen LogP contribution >= 0.6 is 0 Å². The minimum Gasteiger partial charge on any atom is -0.342 e. The van der Waals surface area contributed by atoms with E-state index in [0.717, 1.165) is 13.0 Å². The van der Waals surface area contributed by atoms with Gasteiger partial charge in [-0.25, -0.2) is 0 Å². The number of carbonyl (C=O) groups is 1. The lowest BCUT2D eigenvalue weighted by Gasteiger charge is -2.20. The maximum atomic E-state index is 12.4. The summed E-state index contributed by atoms with van der Waals surface area (Å²) in [5.74, 6) is -1.56. The fourth-order valence-electron chi connectivity index (χ4n) is 2.35. The van der Waals surface area contributed by atoms with E-state index >= 15 is 0 Å². The van der Waals surface area contributed by atoms with Gasteiger partial charge in [-0.2, -0.15) is 13.2 Å². The van der Waals surface area contributed by atoms with Gasteiger partial charge in [-0.05, 0) is 19.4 Å². The summed E-state index contributed by atoms with van der Waals surface area (Å²) in [5, 5.41) is 3.05. The van der Waals surface area contributed by atoms with Crippen molar-refractivity contribution in [3.8, 4) is 0 Å². The molecular weight excluding hydrogens is 221 g/mol. The number of amides is 1. The Hall–Kier alpha value is -0.780. The van der Waals surface area contributed by atoms with Gasteiger partial charge in [-0.1, -0.05) is 0 Å². The molecule has 0 bridgehead atoms. The average Bonchev–Trinajstić information content (AvgIpc) is 2.87. The molecule has 2 rings (SSSR count). The number of hydrogen-bond acceptors (Lipinski definition) is 2. The summed E-state index contributed by atoms with van der Waals surface area (Å²) in [6.45, 7) is 1.48. The van der Waals surface area contributed by atoms with Crippen LogP contribution in [0.15, 0.2) is 0 Å². The maximum Gasteiger partial charge on any atom is 0.393 e. The first-order valence-corrected chi connectivity index (χ1v) is 5.54. The molecule has 0 saturated carbocycles. The Bertz CT molecular complexity index is 274. The quantitative estimate of drug-likeness (QED) is 0.737. The van der Waals surface area contributed by atoms with Gasteiger partial charge in [-0.15, -0.1) is 0 Å². The molecule has 2 atom stereocenters. The van der Waals surface area contributed by atoms with Crippen LogP contribution in [0.4, 0.5) is 13.2 Å². The second kappa shape index (κ2) is 4.24. The molecule has 2 heterocycles. The van der Waals surface area contributed by atoms with Crippen LogP contribution in [0.3, 0.4) is 0 Å². The molecular formula is C10H15F3N2O. The zero-order chi connectivity index (χ0) is 11.8. The molecule has 0 spiro atoms. The first-order chi connectivity index (χ1) is 7.48. The molecule has 6 heteroatoms. The molecule has 2 saturated heterocycles. The molecule has 2 aliphatic heterocycles. The van der Waals surface area contributed by atoms with Crippen molar-refractivity contribution in [2.24, 2.45) is 11.8 Å². The third kappa shape index (κ3) is 2.31. The topological polar surface area (TPSA) is 32.3 Å². The molecule has 0 radical (unpaired) electrons. The molecule has 0 aliphatic carbocycles. The average molecular weight is 236 g/mol. The Morgan fingerprint density at radius 2 is 2.06 bits per heavy atom. The maximum absolute atomic E-state index is 12.4. The van der Waals surface area contributed by atoms with Gasteiger partial charge in [0, 0.05) is 19.6 Å². The van der Waals surface area contributed by atoms with E-state index in [1.807, 2.05) is 0 Å². The Labute approximate surface area is 92.0 Å². The van der Waals surface area contributed by atoms with Gasteiger partial charge in [0.15, 0.2) is 0 Å². The van der Waals surface area contributed by atoms with Crippen LogP contribution in [0.5, 0.6) is 0 Å². The van der Waals surface area contributed by atoms with Crippen molar-refractivity contribution in [3.63, 3.8) is 0 Å².